The maximum absolute atomic E-state index is 9.31. The molecule has 0 amide bonds. The predicted octanol–water partition coefficient (Wildman–Crippen LogP) is -2.70. The predicted molar refractivity (Wildman–Crippen MR) is 49.0 cm³/mol. The van der Waals surface area contributed by atoms with Gasteiger partial charge in [-0.3, -0.25) is 10.4 Å². The fraction of sp³-hybridized carbons (Fsp3) is 0.333. The van der Waals surface area contributed by atoms with Crippen LogP contribution in [0.15, 0.2) is 4.99 Å². The number of hydrogen-bond donors (Lipinski definition) is 6. The van der Waals surface area contributed by atoms with Crippen molar-refractivity contribution in [3.63, 3.8) is 0 Å². The summed E-state index contributed by atoms with van der Waals surface area (Å²) in [7, 11) is 0. The molecule has 1 heterocycles. The molecule has 0 saturated carbocycles. The molecule has 0 aliphatic carbocycles. The minimum Gasteiger partial charge on any atom is -0.409 e. The number of nitrogens with two attached hydrogens (primary N) is 2. The number of hydrogen-bond acceptors (Lipinski definition) is 7. The number of rotatable bonds is 2. The maximum atomic E-state index is 9.31. The highest BCUT2D eigenvalue weighted by atomic mass is 16.6. The number of nitrogen functional groups attached to an aromatic ring is 2. The molecular weight excluding hydrogens is 204 g/mol. The molecule has 0 aliphatic rings. The molecule has 9 nitrogen and oxygen atoms in total. The first-order valence-electron chi connectivity index (χ1n) is 3.98. The average Bonchev–Trinajstić information content (AvgIpc) is 2.24. The number of aliphatic hydroxyl groups is 1. The van der Waals surface area contributed by atoms with Crippen molar-refractivity contribution in [2.24, 2.45) is 4.99 Å². The van der Waals surface area contributed by atoms with Gasteiger partial charge in [0.1, 0.15) is 11.4 Å². The molecule has 0 fully saturated rings. The van der Waals surface area contributed by atoms with Gasteiger partial charge in [-0.1, -0.05) is 9.69 Å². The normalized spacial score (nSPS) is 11.9. The van der Waals surface area contributed by atoms with Gasteiger partial charge in [0.05, 0.1) is 13.2 Å². The van der Waals surface area contributed by atoms with Crippen molar-refractivity contribution < 1.29 is 15.5 Å². The quantitative estimate of drug-likeness (QED) is 0.296. The fourth-order valence-electron chi connectivity index (χ4n) is 0.952. The number of nitrogens with zero attached hydrogens (tertiary/aromatic N) is 3. The van der Waals surface area contributed by atoms with Gasteiger partial charge in [0.25, 0.3) is 0 Å². The van der Waals surface area contributed by atoms with Crippen LogP contribution < -0.4 is 22.4 Å². The van der Waals surface area contributed by atoms with Gasteiger partial charge in [0.2, 0.25) is 11.0 Å². The molecular formula is C6H12N6O3. The topological polar surface area (TPSA) is 159 Å². The lowest BCUT2D eigenvalue weighted by molar-refractivity contribution is -0.0314. The van der Waals surface area contributed by atoms with E-state index in [1.54, 1.807) is 0 Å². The average molecular weight is 216 g/mol. The second kappa shape index (κ2) is 3.92. The molecule has 1 rings (SSSR count). The van der Waals surface area contributed by atoms with Crippen LogP contribution in [0.3, 0.4) is 0 Å². The van der Waals surface area contributed by atoms with Crippen LogP contribution in [-0.4, -0.2) is 38.4 Å². The van der Waals surface area contributed by atoms with Gasteiger partial charge in [0, 0.05) is 0 Å². The molecule has 9 heteroatoms. The van der Waals surface area contributed by atoms with Crippen molar-refractivity contribution in [2.75, 3.05) is 24.6 Å². The smallest absolute Gasteiger partial charge is 0.212 e. The van der Waals surface area contributed by atoms with Crippen molar-refractivity contribution in [3.05, 3.63) is 11.0 Å². The zero-order chi connectivity index (χ0) is 11.6. The van der Waals surface area contributed by atoms with Crippen LogP contribution in [-0.2, 0) is 0 Å². The Hall–Kier alpha value is -2.16. The van der Waals surface area contributed by atoms with E-state index in [1.807, 2.05) is 0 Å². The van der Waals surface area contributed by atoms with E-state index in [0.717, 1.165) is 0 Å². The summed E-state index contributed by atoms with van der Waals surface area (Å²) in [5.41, 5.74) is 9.73. The largest absolute Gasteiger partial charge is 0.409 e. The van der Waals surface area contributed by atoms with Gasteiger partial charge in [-0.2, -0.15) is 0 Å². The highest BCUT2D eigenvalue weighted by Gasteiger charge is 2.09. The van der Waals surface area contributed by atoms with Crippen molar-refractivity contribution >= 4 is 11.4 Å². The number of aromatic nitrogens is 2. The zero-order valence-electron chi connectivity index (χ0n) is 7.75. The molecule has 0 spiro atoms. The summed E-state index contributed by atoms with van der Waals surface area (Å²) < 4.78 is 0. The molecule has 0 atom stereocenters. The van der Waals surface area contributed by atoms with Crippen LogP contribution in [0.4, 0.5) is 11.4 Å². The molecule has 0 aliphatic heterocycles. The van der Waals surface area contributed by atoms with E-state index >= 15 is 0 Å². The first-order chi connectivity index (χ1) is 7.00. The standard InChI is InChI=1S/C6H12N6O3/c7-3-4(8)6(10-1-2-13)12(15)11(14)5(3)9/h9,13-15H,1-2,7-8H2. The van der Waals surface area contributed by atoms with Gasteiger partial charge >= 0.3 is 0 Å². The highest BCUT2D eigenvalue weighted by molar-refractivity contribution is 5.58. The third-order valence-corrected chi connectivity index (χ3v) is 1.72. The summed E-state index contributed by atoms with van der Waals surface area (Å²) in [6.45, 7) is -0.255. The van der Waals surface area contributed by atoms with E-state index in [-0.39, 0.29) is 39.7 Å². The Bertz CT molecular complexity index is 452. The Balaban J connectivity index is 3.60. The van der Waals surface area contributed by atoms with E-state index in [2.05, 4.69) is 4.99 Å². The lowest BCUT2D eigenvalue weighted by Gasteiger charge is -2.09. The summed E-state index contributed by atoms with van der Waals surface area (Å²) in [4.78, 5) is 3.94. The second-order valence-corrected chi connectivity index (χ2v) is 2.68. The SMILES string of the molecule is N=c1c(N)c(N)c(=NCCO)n(O)n1O. The third kappa shape index (κ3) is 1.72. The van der Waals surface area contributed by atoms with Crippen LogP contribution in [0, 0.1) is 5.41 Å². The van der Waals surface area contributed by atoms with Crippen LogP contribution >= 0.6 is 0 Å². The molecule has 84 valence electrons. The van der Waals surface area contributed by atoms with E-state index in [0.29, 0.717) is 0 Å². The maximum Gasteiger partial charge on any atom is 0.212 e. The van der Waals surface area contributed by atoms with E-state index in [9.17, 15) is 10.4 Å². The van der Waals surface area contributed by atoms with E-state index in [4.69, 9.17) is 22.0 Å². The molecule has 8 N–H and O–H groups in total. The summed E-state index contributed by atoms with van der Waals surface area (Å²) >= 11 is 0. The molecule has 0 bridgehead atoms. The first-order valence-corrected chi connectivity index (χ1v) is 3.98. The van der Waals surface area contributed by atoms with Crippen molar-refractivity contribution in [1.29, 1.82) is 5.41 Å². The Kier molecular flexibility index (Phi) is 2.85. The minimum absolute atomic E-state index is 0.0124. The Labute approximate surface area is 83.5 Å². The monoisotopic (exact) mass is 216 g/mol. The Morgan fingerprint density at radius 1 is 1.20 bits per heavy atom. The van der Waals surface area contributed by atoms with Crippen LogP contribution in [0.1, 0.15) is 0 Å². The number of anilines is 2. The van der Waals surface area contributed by atoms with Gasteiger partial charge in [0.15, 0.2) is 0 Å². The van der Waals surface area contributed by atoms with Crippen LogP contribution in [0.2, 0.25) is 0 Å². The van der Waals surface area contributed by atoms with E-state index < -0.39 is 5.49 Å². The molecule has 0 saturated heterocycles. The molecule has 0 aromatic carbocycles. The highest BCUT2D eigenvalue weighted by Crippen LogP contribution is 1.99. The molecule has 1 aromatic rings. The lowest BCUT2D eigenvalue weighted by Crippen LogP contribution is -2.40. The minimum atomic E-state index is -0.557. The van der Waals surface area contributed by atoms with Gasteiger partial charge in [-0.15, -0.1) is 0 Å². The van der Waals surface area contributed by atoms with E-state index in [1.165, 1.54) is 0 Å². The number of nitrogens with one attached hydrogen (secondary N) is 1. The summed E-state index contributed by atoms with van der Waals surface area (Å²) in [6.07, 6.45) is 0. The lowest BCUT2D eigenvalue weighted by atomic mass is 10.4. The summed E-state index contributed by atoms with van der Waals surface area (Å²) in [6, 6.07) is 0. The molecule has 15 heavy (non-hydrogen) atoms. The van der Waals surface area contributed by atoms with Crippen molar-refractivity contribution in [1.82, 2.24) is 9.69 Å². The Morgan fingerprint density at radius 3 is 2.33 bits per heavy atom. The third-order valence-electron chi connectivity index (χ3n) is 1.72. The second-order valence-electron chi connectivity index (χ2n) is 2.68. The van der Waals surface area contributed by atoms with Gasteiger partial charge in [-0.25, -0.2) is 0 Å². The fourth-order valence-corrected chi connectivity index (χ4v) is 0.952. The first kappa shape index (κ1) is 10.9. The summed E-state index contributed by atoms with van der Waals surface area (Å²) in [5, 5.41) is 34.3. The van der Waals surface area contributed by atoms with Crippen molar-refractivity contribution in [2.45, 2.75) is 0 Å². The van der Waals surface area contributed by atoms with Gasteiger partial charge < -0.3 is 27.0 Å². The van der Waals surface area contributed by atoms with Crippen LogP contribution in [0.5, 0.6) is 0 Å². The molecule has 0 radical (unpaired) electrons. The van der Waals surface area contributed by atoms with Gasteiger partial charge in [-0.05, 0) is 0 Å². The van der Waals surface area contributed by atoms with Crippen LogP contribution in [0.25, 0.3) is 0 Å². The zero-order valence-corrected chi connectivity index (χ0v) is 7.75. The van der Waals surface area contributed by atoms with Crippen molar-refractivity contribution in [3.8, 4) is 0 Å². The molecule has 1 aromatic heterocycles. The Morgan fingerprint density at radius 2 is 1.80 bits per heavy atom. The summed E-state index contributed by atoms with van der Waals surface area (Å²) in [5.74, 6) is 0. The number of aliphatic hydroxyl groups excluding tert-OH is 1. The molecule has 0 unspecified atom stereocenters.